The first-order valence-corrected chi connectivity index (χ1v) is 9.03. The Hall–Kier alpha value is -1.92. The monoisotopic (exact) mass is 345 g/mol. The summed E-state index contributed by atoms with van der Waals surface area (Å²) in [4.78, 5) is 21.1. The minimum Gasteiger partial charge on any atom is -0.486 e. The Morgan fingerprint density at radius 2 is 2.00 bits per heavy atom. The predicted octanol–water partition coefficient (Wildman–Crippen LogP) is 2.73. The molecule has 1 fully saturated rings. The van der Waals surface area contributed by atoms with Crippen molar-refractivity contribution in [3.05, 3.63) is 45.4 Å². The van der Waals surface area contributed by atoms with E-state index in [0.29, 0.717) is 12.3 Å². The third kappa shape index (κ3) is 3.94. The van der Waals surface area contributed by atoms with Gasteiger partial charge in [0.2, 0.25) is 0 Å². The zero-order valence-electron chi connectivity index (χ0n) is 14.4. The second kappa shape index (κ2) is 7.32. The smallest absolute Gasteiger partial charge is 0.273 e. The van der Waals surface area contributed by atoms with Crippen molar-refractivity contribution in [1.82, 2.24) is 14.8 Å². The average molecular weight is 345 g/mol. The molecular weight excluding hydrogens is 322 g/mol. The SMILES string of the molecule is Cc1ccc(OCc2nc(C(=O)N3CCN(C)CC3)cs2)c(C)c1. The number of aryl methyl sites for hydroxylation is 2. The maximum absolute atomic E-state index is 12.5. The number of aromatic nitrogens is 1. The summed E-state index contributed by atoms with van der Waals surface area (Å²) in [5.74, 6) is 0.889. The van der Waals surface area contributed by atoms with Crippen molar-refractivity contribution in [2.45, 2.75) is 20.5 Å². The van der Waals surface area contributed by atoms with Gasteiger partial charge in [0.25, 0.3) is 5.91 Å². The van der Waals surface area contributed by atoms with Gasteiger partial charge < -0.3 is 14.5 Å². The number of amides is 1. The lowest BCUT2D eigenvalue weighted by Gasteiger charge is -2.31. The molecule has 6 heteroatoms. The van der Waals surface area contributed by atoms with Crippen molar-refractivity contribution >= 4 is 17.2 Å². The molecular formula is C18H23N3O2S. The molecule has 1 amide bonds. The fourth-order valence-corrected chi connectivity index (χ4v) is 3.43. The lowest BCUT2D eigenvalue weighted by Crippen LogP contribution is -2.47. The fraction of sp³-hybridized carbons (Fsp3) is 0.444. The van der Waals surface area contributed by atoms with Crippen molar-refractivity contribution in [3.63, 3.8) is 0 Å². The molecule has 1 aliphatic heterocycles. The number of nitrogens with zero attached hydrogens (tertiary/aromatic N) is 3. The highest BCUT2D eigenvalue weighted by Gasteiger charge is 2.22. The number of piperazine rings is 1. The number of hydrogen-bond donors (Lipinski definition) is 0. The van der Waals surface area contributed by atoms with Crippen molar-refractivity contribution < 1.29 is 9.53 Å². The quantitative estimate of drug-likeness (QED) is 0.855. The van der Waals surface area contributed by atoms with Crippen LogP contribution in [0.5, 0.6) is 5.75 Å². The van der Waals surface area contributed by atoms with E-state index in [2.05, 4.69) is 29.9 Å². The molecule has 0 N–H and O–H groups in total. The second-order valence-corrected chi connectivity index (χ2v) is 7.22. The van der Waals surface area contributed by atoms with Crippen LogP contribution in [0.3, 0.4) is 0 Å². The van der Waals surface area contributed by atoms with Gasteiger partial charge in [0.15, 0.2) is 0 Å². The lowest BCUT2D eigenvalue weighted by molar-refractivity contribution is 0.0658. The Bertz CT molecular complexity index is 721. The Morgan fingerprint density at radius 1 is 1.25 bits per heavy atom. The standard InChI is InChI=1S/C18H23N3O2S/c1-13-4-5-16(14(2)10-13)23-11-17-19-15(12-24-17)18(22)21-8-6-20(3)7-9-21/h4-5,10,12H,6-9,11H2,1-3H3. The first kappa shape index (κ1) is 16.9. The maximum atomic E-state index is 12.5. The highest BCUT2D eigenvalue weighted by atomic mass is 32.1. The number of hydrogen-bond acceptors (Lipinski definition) is 5. The number of rotatable bonds is 4. The Balaban J connectivity index is 1.60. The van der Waals surface area contributed by atoms with Gasteiger partial charge in [-0.3, -0.25) is 4.79 Å². The third-order valence-electron chi connectivity index (χ3n) is 4.24. The van der Waals surface area contributed by atoms with Gasteiger partial charge in [-0.25, -0.2) is 4.98 Å². The molecule has 0 radical (unpaired) electrons. The van der Waals surface area contributed by atoms with E-state index in [9.17, 15) is 4.79 Å². The van der Waals surface area contributed by atoms with Crippen LogP contribution in [0.2, 0.25) is 0 Å². The molecule has 24 heavy (non-hydrogen) atoms. The van der Waals surface area contributed by atoms with Gasteiger partial charge in [0, 0.05) is 31.6 Å². The molecule has 0 aliphatic carbocycles. The summed E-state index contributed by atoms with van der Waals surface area (Å²) in [5.41, 5.74) is 2.86. The largest absolute Gasteiger partial charge is 0.486 e. The van der Waals surface area contributed by atoms with Gasteiger partial charge in [-0.2, -0.15) is 0 Å². The normalized spacial score (nSPS) is 15.5. The van der Waals surface area contributed by atoms with Gasteiger partial charge in [0.05, 0.1) is 0 Å². The molecule has 0 spiro atoms. The van der Waals surface area contributed by atoms with E-state index < -0.39 is 0 Å². The average Bonchev–Trinajstić information content (AvgIpc) is 3.03. The summed E-state index contributed by atoms with van der Waals surface area (Å²) in [6, 6.07) is 6.11. The highest BCUT2D eigenvalue weighted by Crippen LogP contribution is 2.21. The minimum atomic E-state index is 0.0251. The molecule has 2 aromatic rings. The summed E-state index contributed by atoms with van der Waals surface area (Å²) >= 11 is 1.48. The van der Waals surface area contributed by atoms with E-state index in [0.717, 1.165) is 42.5 Å². The molecule has 0 atom stereocenters. The van der Waals surface area contributed by atoms with E-state index in [1.54, 1.807) is 0 Å². The van der Waals surface area contributed by atoms with Gasteiger partial charge in [-0.05, 0) is 32.5 Å². The van der Waals surface area contributed by atoms with E-state index in [4.69, 9.17) is 4.74 Å². The molecule has 1 saturated heterocycles. The number of ether oxygens (including phenoxy) is 1. The first-order chi connectivity index (χ1) is 11.5. The Kier molecular flexibility index (Phi) is 5.16. The molecule has 0 bridgehead atoms. The van der Waals surface area contributed by atoms with Crippen LogP contribution in [0.15, 0.2) is 23.6 Å². The Morgan fingerprint density at radius 3 is 2.71 bits per heavy atom. The second-order valence-electron chi connectivity index (χ2n) is 6.28. The van der Waals surface area contributed by atoms with Crippen LogP contribution in [-0.4, -0.2) is 53.9 Å². The molecule has 0 unspecified atom stereocenters. The highest BCUT2D eigenvalue weighted by molar-refractivity contribution is 7.09. The summed E-state index contributed by atoms with van der Waals surface area (Å²) in [6.45, 7) is 7.85. The van der Waals surface area contributed by atoms with Crippen LogP contribution in [0.4, 0.5) is 0 Å². The zero-order chi connectivity index (χ0) is 17.1. The van der Waals surface area contributed by atoms with Gasteiger partial charge in [0.1, 0.15) is 23.1 Å². The molecule has 1 aromatic heterocycles. The first-order valence-electron chi connectivity index (χ1n) is 8.15. The molecule has 5 nitrogen and oxygen atoms in total. The van der Waals surface area contributed by atoms with Crippen molar-refractivity contribution in [2.75, 3.05) is 33.2 Å². The van der Waals surface area contributed by atoms with Gasteiger partial charge in [-0.15, -0.1) is 11.3 Å². The number of carbonyl (C=O) groups is 1. The summed E-state index contributed by atoms with van der Waals surface area (Å²) < 4.78 is 5.85. The van der Waals surface area contributed by atoms with Crippen LogP contribution in [-0.2, 0) is 6.61 Å². The lowest BCUT2D eigenvalue weighted by atomic mass is 10.1. The van der Waals surface area contributed by atoms with Gasteiger partial charge >= 0.3 is 0 Å². The molecule has 1 aromatic carbocycles. The summed E-state index contributed by atoms with van der Waals surface area (Å²) in [6.07, 6.45) is 0. The number of likely N-dealkylation sites (N-methyl/N-ethyl adjacent to an activating group) is 1. The number of carbonyl (C=O) groups excluding carboxylic acids is 1. The minimum absolute atomic E-state index is 0.0251. The zero-order valence-corrected chi connectivity index (χ0v) is 15.2. The summed E-state index contributed by atoms with van der Waals surface area (Å²) in [7, 11) is 2.08. The molecule has 3 rings (SSSR count). The van der Waals surface area contributed by atoms with Crippen molar-refractivity contribution in [1.29, 1.82) is 0 Å². The van der Waals surface area contributed by atoms with E-state index in [-0.39, 0.29) is 5.91 Å². The van der Waals surface area contributed by atoms with Gasteiger partial charge in [-0.1, -0.05) is 17.7 Å². The van der Waals surface area contributed by atoms with Crippen molar-refractivity contribution in [2.24, 2.45) is 0 Å². The number of benzene rings is 1. The van der Waals surface area contributed by atoms with Crippen LogP contribution < -0.4 is 4.74 Å². The van der Waals surface area contributed by atoms with Crippen LogP contribution in [0.25, 0.3) is 0 Å². The van der Waals surface area contributed by atoms with E-state index >= 15 is 0 Å². The molecule has 128 valence electrons. The molecule has 0 saturated carbocycles. The third-order valence-corrected chi connectivity index (χ3v) is 5.07. The van der Waals surface area contributed by atoms with Crippen LogP contribution in [0, 0.1) is 13.8 Å². The van der Waals surface area contributed by atoms with E-state index in [1.165, 1.54) is 16.9 Å². The van der Waals surface area contributed by atoms with Crippen molar-refractivity contribution in [3.8, 4) is 5.75 Å². The number of thiazole rings is 1. The maximum Gasteiger partial charge on any atom is 0.273 e. The fourth-order valence-electron chi connectivity index (χ4n) is 2.75. The molecule has 2 heterocycles. The molecule has 1 aliphatic rings. The topological polar surface area (TPSA) is 45.7 Å². The van der Waals surface area contributed by atoms with E-state index in [1.807, 2.05) is 29.3 Å². The van der Waals surface area contributed by atoms with Crippen LogP contribution in [0.1, 0.15) is 26.6 Å². The Labute approximate surface area is 146 Å². The predicted molar refractivity (Wildman–Crippen MR) is 95.8 cm³/mol. The van der Waals surface area contributed by atoms with Crippen LogP contribution >= 0.6 is 11.3 Å². The summed E-state index contributed by atoms with van der Waals surface area (Å²) in [5, 5.41) is 2.66.